The topological polar surface area (TPSA) is 0 Å². The van der Waals surface area contributed by atoms with Crippen molar-refractivity contribution in [3.05, 3.63) is 34.9 Å². The molecule has 0 aliphatic carbocycles. The Bertz CT molecular complexity index is 320. The van der Waals surface area contributed by atoms with Gasteiger partial charge in [-0.2, -0.15) is 13.2 Å². The lowest BCUT2D eigenvalue weighted by Crippen LogP contribution is -2.21. The molecule has 15 heavy (non-hydrogen) atoms. The van der Waals surface area contributed by atoms with Crippen molar-refractivity contribution < 1.29 is 13.2 Å². The summed E-state index contributed by atoms with van der Waals surface area (Å²) in [7, 11) is 0. The molecule has 1 aromatic carbocycles. The molecule has 0 bridgehead atoms. The van der Waals surface area contributed by atoms with Crippen LogP contribution in [-0.4, -0.2) is 6.18 Å². The summed E-state index contributed by atoms with van der Waals surface area (Å²) in [5, 5.41) is 0.188. The van der Waals surface area contributed by atoms with Crippen LogP contribution in [0.5, 0.6) is 0 Å². The zero-order chi connectivity index (χ0) is 11.5. The number of hydrogen-bond acceptors (Lipinski definition) is 0. The molecule has 0 N–H and O–H groups in total. The van der Waals surface area contributed by atoms with Crippen molar-refractivity contribution in [1.29, 1.82) is 0 Å². The molecule has 0 aliphatic heterocycles. The van der Waals surface area contributed by atoms with Crippen LogP contribution in [0.1, 0.15) is 31.2 Å². The second kappa shape index (κ2) is 4.88. The van der Waals surface area contributed by atoms with Crippen LogP contribution in [0.15, 0.2) is 24.3 Å². The van der Waals surface area contributed by atoms with Gasteiger partial charge in [0.15, 0.2) is 0 Å². The number of halogens is 4. The van der Waals surface area contributed by atoms with Crippen molar-refractivity contribution in [1.82, 2.24) is 0 Å². The van der Waals surface area contributed by atoms with Crippen LogP contribution in [0, 0.1) is 0 Å². The molecule has 0 nitrogen and oxygen atoms in total. The summed E-state index contributed by atoms with van der Waals surface area (Å²) in [6.45, 7) is 1.73. The predicted octanol–water partition coefficient (Wildman–Crippen LogP) is 4.79. The monoisotopic (exact) mass is 236 g/mol. The van der Waals surface area contributed by atoms with Gasteiger partial charge in [0.05, 0.1) is 5.92 Å². The average Bonchev–Trinajstić information content (AvgIpc) is 2.14. The first kappa shape index (κ1) is 12.4. The van der Waals surface area contributed by atoms with Crippen LogP contribution in [0.4, 0.5) is 13.2 Å². The highest BCUT2D eigenvalue weighted by Gasteiger charge is 2.40. The van der Waals surface area contributed by atoms with E-state index in [9.17, 15) is 13.2 Å². The zero-order valence-corrected chi connectivity index (χ0v) is 9.07. The van der Waals surface area contributed by atoms with Crippen LogP contribution in [0.2, 0.25) is 5.02 Å². The molecule has 1 rings (SSSR count). The molecule has 1 unspecified atom stereocenters. The van der Waals surface area contributed by atoms with Crippen LogP contribution < -0.4 is 0 Å². The van der Waals surface area contributed by atoms with Gasteiger partial charge in [0.25, 0.3) is 0 Å². The van der Waals surface area contributed by atoms with Crippen molar-refractivity contribution in [2.45, 2.75) is 31.9 Å². The van der Waals surface area contributed by atoms with Gasteiger partial charge in [0, 0.05) is 5.02 Å². The molecular weight excluding hydrogens is 225 g/mol. The van der Waals surface area contributed by atoms with Crippen LogP contribution in [0.3, 0.4) is 0 Å². The fraction of sp³-hybridized carbons (Fsp3) is 0.455. The van der Waals surface area contributed by atoms with E-state index in [1.807, 2.05) is 0 Å². The summed E-state index contributed by atoms with van der Waals surface area (Å²) in [6, 6.07) is 6.14. The maximum atomic E-state index is 12.7. The smallest absolute Gasteiger partial charge is 0.170 e. The molecule has 1 atom stereocenters. The Morgan fingerprint density at radius 3 is 2.33 bits per heavy atom. The summed E-state index contributed by atoms with van der Waals surface area (Å²) >= 11 is 5.76. The standard InChI is InChI=1S/C11H12ClF3/c1-2-5-9(11(13,14)15)8-6-3-4-7-10(8)12/h3-4,6-7,9H,2,5H2,1H3. The van der Waals surface area contributed by atoms with E-state index in [1.54, 1.807) is 19.1 Å². The van der Waals surface area contributed by atoms with E-state index in [2.05, 4.69) is 0 Å². The molecule has 0 fully saturated rings. The van der Waals surface area contributed by atoms with Gasteiger partial charge in [-0.05, 0) is 18.1 Å². The van der Waals surface area contributed by atoms with Gasteiger partial charge < -0.3 is 0 Å². The number of rotatable bonds is 3. The van der Waals surface area contributed by atoms with Crippen molar-refractivity contribution in [2.24, 2.45) is 0 Å². The summed E-state index contributed by atoms with van der Waals surface area (Å²) in [4.78, 5) is 0. The molecule has 84 valence electrons. The molecule has 0 amide bonds. The second-order valence-electron chi connectivity index (χ2n) is 3.40. The fourth-order valence-corrected chi connectivity index (χ4v) is 1.81. The van der Waals surface area contributed by atoms with Gasteiger partial charge in [-0.15, -0.1) is 0 Å². The van der Waals surface area contributed by atoms with Crippen LogP contribution in [-0.2, 0) is 0 Å². The van der Waals surface area contributed by atoms with Gasteiger partial charge in [-0.3, -0.25) is 0 Å². The summed E-state index contributed by atoms with van der Waals surface area (Å²) in [5.74, 6) is -1.45. The molecular formula is C11H12ClF3. The van der Waals surface area contributed by atoms with Crippen LogP contribution >= 0.6 is 11.6 Å². The SMILES string of the molecule is CCCC(c1ccccc1Cl)C(F)(F)F. The lowest BCUT2D eigenvalue weighted by molar-refractivity contribution is -0.152. The number of alkyl halides is 3. The Morgan fingerprint density at radius 1 is 1.27 bits per heavy atom. The Kier molecular flexibility index (Phi) is 4.03. The van der Waals surface area contributed by atoms with E-state index >= 15 is 0 Å². The van der Waals surface area contributed by atoms with E-state index in [4.69, 9.17) is 11.6 Å². The third-order valence-electron chi connectivity index (χ3n) is 2.25. The third-order valence-corrected chi connectivity index (χ3v) is 2.60. The van der Waals surface area contributed by atoms with Gasteiger partial charge in [0.1, 0.15) is 0 Å². The van der Waals surface area contributed by atoms with E-state index in [1.165, 1.54) is 12.1 Å². The summed E-state index contributed by atoms with van der Waals surface area (Å²) < 4.78 is 38.1. The lowest BCUT2D eigenvalue weighted by atomic mass is 9.94. The maximum Gasteiger partial charge on any atom is 0.395 e. The minimum absolute atomic E-state index is 0.0766. The highest BCUT2D eigenvalue weighted by molar-refractivity contribution is 6.31. The quantitative estimate of drug-likeness (QED) is 0.708. The first-order chi connectivity index (χ1) is 6.96. The van der Waals surface area contributed by atoms with Gasteiger partial charge >= 0.3 is 6.18 Å². The number of hydrogen-bond donors (Lipinski definition) is 0. The van der Waals surface area contributed by atoms with E-state index in [0.29, 0.717) is 6.42 Å². The average molecular weight is 237 g/mol. The normalized spacial score (nSPS) is 13.9. The largest absolute Gasteiger partial charge is 0.395 e. The molecule has 0 saturated heterocycles. The third kappa shape index (κ3) is 3.13. The minimum atomic E-state index is -4.22. The highest BCUT2D eigenvalue weighted by Crippen LogP contribution is 2.40. The molecule has 0 aliphatic rings. The molecule has 0 aromatic heterocycles. The minimum Gasteiger partial charge on any atom is -0.170 e. The van der Waals surface area contributed by atoms with Gasteiger partial charge in [0.2, 0.25) is 0 Å². The van der Waals surface area contributed by atoms with E-state index in [0.717, 1.165) is 0 Å². The maximum absolute atomic E-state index is 12.7. The molecule has 4 heteroatoms. The highest BCUT2D eigenvalue weighted by atomic mass is 35.5. The molecule has 0 saturated carbocycles. The Hall–Kier alpha value is -0.700. The van der Waals surface area contributed by atoms with Crippen molar-refractivity contribution in [3.8, 4) is 0 Å². The summed E-state index contributed by atoms with van der Waals surface area (Å²) in [5.41, 5.74) is 0.175. The second-order valence-corrected chi connectivity index (χ2v) is 3.81. The van der Waals surface area contributed by atoms with Gasteiger partial charge in [-0.25, -0.2) is 0 Å². The predicted molar refractivity (Wildman–Crippen MR) is 55.2 cm³/mol. The lowest BCUT2D eigenvalue weighted by Gasteiger charge is -2.20. The molecule has 0 radical (unpaired) electrons. The van der Waals surface area contributed by atoms with Gasteiger partial charge in [-0.1, -0.05) is 43.1 Å². The van der Waals surface area contributed by atoms with Crippen molar-refractivity contribution in [2.75, 3.05) is 0 Å². The van der Waals surface area contributed by atoms with Crippen molar-refractivity contribution >= 4 is 11.6 Å². The Labute approximate surface area is 92.1 Å². The fourth-order valence-electron chi connectivity index (χ4n) is 1.54. The Balaban J connectivity index is 3.05. The van der Waals surface area contributed by atoms with Crippen LogP contribution in [0.25, 0.3) is 0 Å². The first-order valence-corrected chi connectivity index (χ1v) is 5.15. The Morgan fingerprint density at radius 2 is 1.87 bits per heavy atom. The number of benzene rings is 1. The molecule has 1 aromatic rings. The van der Waals surface area contributed by atoms with E-state index in [-0.39, 0.29) is 17.0 Å². The zero-order valence-electron chi connectivity index (χ0n) is 8.31. The van der Waals surface area contributed by atoms with Crippen molar-refractivity contribution in [3.63, 3.8) is 0 Å². The first-order valence-electron chi connectivity index (χ1n) is 4.78. The van der Waals surface area contributed by atoms with E-state index < -0.39 is 12.1 Å². The summed E-state index contributed by atoms with van der Waals surface area (Å²) in [6.07, 6.45) is -3.66. The molecule has 0 heterocycles. The molecule has 0 spiro atoms.